The summed E-state index contributed by atoms with van der Waals surface area (Å²) in [6, 6.07) is 1.78. The minimum absolute atomic E-state index is 0.888. The molecule has 3 rings (SSSR count). The first-order chi connectivity index (χ1) is 5.81. The molecule has 3 saturated heterocycles. The third kappa shape index (κ3) is 1.64. The average Bonchev–Trinajstić information content (AvgIpc) is 2.20. The Balaban J connectivity index is 0.000000336. The fraction of sp³-hybridized carbons (Fsp3) is 1.00. The lowest BCUT2D eigenvalue weighted by Crippen LogP contribution is -2.66. The minimum atomic E-state index is 0.888. The third-order valence-electron chi connectivity index (χ3n) is 3.08. The van der Waals surface area contributed by atoms with E-state index in [9.17, 15) is 0 Å². The van der Waals surface area contributed by atoms with Crippen molar-refractivity contribution in [2.75, 3.05) is 26.7 Å². The number of hydrogen-bond acceptors (Lipinski definition) is 2. The maximum Gasteiger partial charge on any atom is 0.0238 e. The average molecular weight is 170 g/mol. The number of rotatable bonds is 1. The van der Waals surface area contributed by atoms with Crippen LogP contribution in [0.4, 0.5) is 0 Å². The molecule has 0 saturated carbocycles. The van der Waals surface area contributed by atoms with E-state index in [-0.39, 0.29) is 0 Å². The molecule has 3 heterocycles. The molecular formula is C10H22N2. The fourth-order valence-electron chi connectivity index (χ4n) is 2.14. The third-order valence-corrected chi connectivity index (χ3v) is 3.08. The summed E-state index contributed by atoms with van der Waals surface area (Å²) in [7, 11) is 2.26. The van der Waals surface area contributed by atoms with Crippen molar-refractivity contribution in [2.24, 2.45) is 0 Å². The van der Waals surface area contributed by atoms with Crippen LogP contribution in [-0.2, 0) is 0 Å². The first kappa shape index (κ1) is 10.0. The summed E-state index contributed by atoms with van der Waals surface area (Å²) in [5.41, 5.74) is 0. The van der Waals surface area contributed by atoms with Gasteiger partial charge in [-0.25, -0.2) is 0 Å². The zero-order chi connectivity index (χ0) is 9.14. The van der Waals surface area contributed by atoms with E-state index in [2.05, 4.69) is 23.8 Å². The molecule has 0 aromatic rings. The van der Waals surface area contributed by atoms with Crippen LogP contribution in [0.1, 0.15) is 27.2 Å². The van der Waals surface area contributed by atoms with Crippen LogP contribution in [0.5, 0.6) is 0 Å². The van der Waals surface area contributed by atoms with Crippen molar-refractivity contribution < 1.29 is 0 Å². The van der Waals surface area contributed by atoms with Crippen LogP contribution in [0.25, 0.3) is 0 Å². The van der Waals surface area contributed by atoms with Gasteiger partial charge in [-0.2, -0.15) is 0 Å². The highest BCUT2D eigenvalue weighted by Gasteiger charge is 2.41. The summed E-state index contributed by atoms with van der Waals surface area (Å²) in [5, 5.41) is 0. The van der Waals surface area contributed by atoms with Gasteiger partial charge in [-0.1, -0.05) is 20.8 Å². The Morgan fingerprint density at radius 3 is 2.00 bits per heavy atom. The van der Waals surface area contributed by atoms with E-state index >= 15 is 0 Å². The number of nitrogens with zero attached hydrogens (tertiary/aromatic N) is 2. The fourth-order valence-corrected chi connectivity index (χ4v) is 2.14. The van der Waals surface area contributed by atoms with Gasteiger partial charge in [-0.15, -0.1) is 0 Å². The largest absolute Gasteiger partial charge is 0.301 e. The Hall–Kier alpha value is -0.0800. The van der Waals surface area contributed by atoms with E-state index in [1.54, 1.807) is 0 Å². The predicted molar refractivity (Wildman–Crippen MR) is 53.4 cm³/mol. The molecule has 2 unspecified atom stereocenters. The molecule has 2 heteroatoms. The molecule has 0 amide bonds. The highest BCUT2D eigenvalue weighted by atomic mass is 15.3. The summed E-state index contributed by atoms with van der Waals surface area (Å²) in [5.74, 6) is 0. The van der Waals surface area contributed by atoms with Crippen molar-refractivity contribution in [3.05, 3.63) is 0 Å². The lowest BCUT2D eigenvalue weighted by atomic mass is 9.88. The monoisotopic (exact) mass is 170 g/mol. The zero-order valence-electron chi connectivity index (χ0n) is 8.88. The SMILES string of the molecule is CC.CCN1CC2CC(C1)N2C. The van der Waals surface area contributed by atoms with Crippen LogP contribution in [-0.4, -0.2) is 48.6 Å². The van der Waals surface area contributed by atoms with Crippen LogP contribution in [0, 0.1) is 0 Å². The molecule has 0 aromatic heterocycles. The van der Waals surface area contributed by atoms with Gasteiger partial charge in [0, 0.05) is 25.2 Å². The molecular weight excluding hydrogens is 148 g/mol. The Morgan fingerprint density at radius 2 is 1.67 bits per heavy atom. The molecule has 2 bridgehead atoms. The van der Waals surface area contributed by atoms with Gasteiger partial charge >= 0.3 is 0 Å². The van der Waals surface area contributed by atoms with E-state index in [1.165, 1.54) is 26.1 Å². The smallest absolute Gasteiger partial charge is 0.0238 e. The second-order valence-electron chi connectivity index (χ2n) is 3.56. The zero-order valence-corrected chi connectivity index (χ0v) is 8.88. The first-order valence-electron chi connectivity index (χ1n) is 5.25. The first-order valence-corrected chi connectivity index (χ1v) is 5.25. The molecule has 3 aliphatic rings. The van der Waals surface area contributed by atoms with Gasteiger partial charge in [0.25, 0.3) is 0 Å². The molecule has 2 atom stereocenters. The lowest BCUT2D eigenvalue weighted by molar-refractivity contribution is -0.0483. The second kappa shape index (κ2) is 4.24. The van der Waals surface area contributed by atoms with Crippen LogP contribution >= 0.6 is 0 Å². The molecule has 0 aliphatic carbocycles. The van der Waals surface area contributed by atoms with Crippen molar-refractivity contribution in [3.63, 3.8) is 0 Å². The molecule has 12 heavy (non-hydrogen) atoms. The van der Waals surface area contributed by atoms with Gasteiger partial charge in [-0.05, 0) is 20.0 Å². The molecule has 3 fully saturated rings. The van der Waals surface area contributed by atoms with E-state index in [0.717, 1.165) is 12.1 Å². The van der Waals surface area contributed by atoms with Crippen molar-refractivity contribution >= 4 is 0 Å². The van der Waals surface area contributed by atoms with Crippen LogP contribution < -0.4 is 0 Å². The normalized spacial score (nSPS) is 35.0. The quantitative estimate of drug-likeness (QED) is 0.587. The standard InChI is InChI=1S/C8H16N2.C2H6/c1-3-10-5-7-4-8(6-10)9(7)2;1-2/h7-8H,3-6H2,1-2H3;1-2H3. The van der Waals surface area contributed by atoms with Crippen molar-refractivity contribution in [1.29, 1.82) is 0 Å². The van der Waals surface area contributed by atoms with Gasteiger partial charge in [0.2, 0.25) is 0 Å². The predicted octanol–water partition coefficient (Wildman–Crippen LogP) is 1.42. The Labute approximate surface area is 76.5 Å². The Morgan fingerprint density at radius 1 is 1.17 bits per heavy atom. The van der Waals surface area contributed by atoms with E-state index in [1.807, 2.05) is 13.8 Å². The molecule has 72 valence electrons. The molecule has 3 aliphatic heterocycles. The van der Waals surface area contributed by atoms with Gasteiger partial charge in [0.1, 0.15) is 0 Å². The lowest BCUT2D eigenvalue weighted by Gasteiger charge is -2.54. The topological polar surface area (TPSA) is 6.48 Å². The van der Waals surface area contributed by atoms with Gasteiger partial charge in [0.05, 0.1) is 0 Å². The van der Waals surface area contributed by atoms with Crippen molar-refractivity contribution in [3.8, 4) is 0 Å². The van der Waals surface area contributed by atoms with E-state index in [4.69, 9.17) is 0 Å². The number of likely N-dealkylation sites (N-methyl/N-ethyl adjacent to an activating group) is 2. The molecule has 0 radical (unpaired) electrons. The van der Waals surface area contributed by atoms with Crippen LogP contribution in [0.15, 0.2) is 0 Å². The Bertz CT molecular complexity index is 124. The maximum atomic E-state index is 2.55. The van der Waals surface area contributed by atoms with Gasteiger partial charge in [-0.3, -0.25) is 4.90 Å². The van der Waals surface area contributed by atoms with Crippen LogP contribution in [0.3, 0.4) is 0 Å². The van der Waals surface area contributed by atoms with E-state index < -0.39 is 0 Å². The summed E-state index contributed by atoms with van der Waals surface area (Å²) >= 11 is 0. The van der Waals surface area contributed by atoms with Gasteiger partial charge in [0.15, 0.2) is 0 Å². The second-order valence-corrected chi connectivity index (χ2v) is 3.56. The Kier molecular flexibility index (Phi) is 3.53. The number of piperidine rings is 1. The molecule has 0 aromatic carbocycles. The summed E-state index contributed by atoms with van der Waals surface area (Å²) < 4.78 is 0. The van der Waals surface area contributed by atoms with Crippen molar-refractivity contribution in [1.82, 2.24) is 9.80 Å². The highest BCUT2D eigenvalue weighted by Crippen LogP contribution is 2.29. The molecule has 0 spiro atoms. The molecule has 2 nitrogen and oxygen atoms in total. The number of fused-ring (bicyclic) bond motifs is 2. The van der Waals surface area contributed by atoms with Gasteiger partial charge < -0.3 is 4.90 Å². The minimum Gasteiger partial charge on any atom is -0.301 e. The number of piperazine rings is 1. The highest BCUT2D eigenvalue weighted by molar-refractivity contribution is 4.98. The number of hydrogen-bond donors (Lipinski definition) is 0. The summed E-state index contributed by atoms with van der Waals surface area (Å²) in [6.07, 6.45) is 1.45. The van der Waals surface area contributed by atoms with Crippen LogP contribution in [0.2, 0.25) is 0 Å². The summed E-state index contributed by atoms with van der Waals surface area (Å²) in [6.45, 7) is 10.1. The molecule has 0 N–H and O–H groups in total. The maximum absolute atomic E-state index is 2.55. The van der Waals surface area contributed by atoms with Crippen molar-refractivity contribution in [2.45, 2.75) is 39.3 Å². The summed E-state index contributed by atoms with van der Waals surface area (Å²) in [4.78, 5) is 5.07. The van der Waals surface area contributed by atoms with E-state index in [0.29, 0.717) is 0 Å².